The molecule has 134 valence electrons. The standard InChI is InChI=1S/C19H26N4O2/c1-19(2,3)18-22-14(11-20)17(25-18)21-12-15(23(4)5)13-9-7-8-10-16(13)24-6/h7-10,15,21H,12H2,1-6H3. The molecule has 2 aromatic rings. The van der Waals surface area contributed by atoms with Gasteiger partial charge in [0.05, 0.1) is 13.2 Å². The number of hydrogen-bond donors (Lipinski definition) is 1. The molecule has 0 fully saturated rings. The lowest BCUT2D eigenvalue weighted by Crippen LogP contribution is -2.27. The smallest absolute Gasteiger partial charge is 0.232 e. The van der Waals surface area contributed by atoms with Gasteiger partial charge in [-0.25, -0.2) is 0 Å². The summed E-state index contributed by atoms with van der Waals surface area (Å²) in [5.41, 5.74) is 1.09. The van der Waals surface area contributed by atoms with Crippen molar-refractivity contribution in [2.24, 2.45) is 0 Å². The Morgan fingerprint density at radius 3 is 2.56 bits per heavy atom. The van der Waals surface area contributed by atoms with Crippen molar-refractivity contribution >= 4 is 5.88 Å². The number of likely N-dealkylation sites (N-methyl/N-ethyl adjacent to an activating group) is 1. The van der Waals surface area contributed by atoms with E-state index in [4.69, 9.17) is 9.15 Å². The highest BCUT2D eigenvalue weighted by Gasteiger charge is 2.25. The molecule has 6 heteroatoms. The summed E-state index contributed by atoms with van der Waals surface area (Å²) in [5.74, 6) is 1.79. The fourth-order valence-corrected chi connectivity index (χ4v) is 2.54. The molecule has 0 aliphatic heterocycles. The summed E-state index contributed by atoms with van der Waals surface area (Å²) in [7, 11) is 5.68. The number of nitrogens with zero attached hydrogens (tertiary/aromatic N) is 3. The van der Waals surface area contributed by atoms with Gasteiger partial charge in [-0.1, -0.05) is 39.0 Å². The first-order valence-electron chi connectivity index (χ1n) is 8.22. The highest BCUT2D eigenvalue weighted by Crippen LogP contribution is 2.30. The van der Waals surface area contributed by atoms with E-state index in [1.165, 1.54) is 0 Å². The van der Waals surface area contributed by atoms with Crippen LogP contribution in [0.3, 0.4) is 0 Å². The quantitative estimate of drug-likeness (QED) is 0.865. The Kier molecular flexibility index (Phi) is 5.70. The lowest BCUT2D eigenvalue weighted by atomic mass is 9.97. The normalized spacial score (nSPS) is 12.7. The third kappa shape index (κ3) is 4.31. The molecule has 0 aliphatic rings. The Hall–Kier alpha value is -2.52. The van der Waals surface area contributed by atoms with E-state index in [0.29, 0.717) is 18.3 Å². The number of oxazole rings is 1. The molecule has 1 aromatic heterocycles. The minimum atomic E-state index is -0.255. The molecule has 0 aliphatic carbocycles. The molecule has 0 radical (unpaired) electrons. The highest BCUT2D eigenvalue weighted by atomic mass is 16.5. The zero-order valence-corrected chi connectivity index (χ0v) is 15.8. The van der Waals surface area contributed by atoms with E-state index >= 15 is 0 Å². The summed E-state index contributed by atoms with van der Waals surface area (Å²) < 4.78 is 11.3. The van der Waals surface area contributed by atoms with Crippen LogP contribution in [0.25, 0.3) is 0 Å². The van der Waals surface area contributed by atoms with Crippen LogP contribution >= 0.6 is 0 Å². The van der Waals surface area contributed by atoms with Gasteiger partial charge in [-0.2, -0.15) is 10.2 Å². The number of aromatic nitrogens is 1. The fourth-order valence-electron chi connectivity index (χ4n) is 2.54. The number of anilines is 1. The molecule has 25 heavy (non-hydrogen) atoms. The van der Waals surface area contributed by atoms with Crippen molar-refractivity contribution in [3.8, 4) is 11.8 Å². The monoisotopic (exact) mass is 342 g/mol. The van der Waals surface area contributed by atoms with Gasteiger partial charge in [-0.3, -0.25) is 0 Å². The first-order valence-corrected chi connectivity index (χ1v) is 8.22. The summed E-state index contributed by atoms with van der Waals surface area (Å²) >= 11 is 0. The number of methoxy groups -OCH3 is 1. The van der Waals surface area contributed by atoms with E-state index < -0.39 is 0 Å². The highest BCUT2D eigenvalue weighted by molar-refractivity contribution is 5.46. The van der Waals surface area contributed by atoms with E-state index in [1.807, 2.05) is 59.1 Å². The number of nitrogens with one attached hydrogen (secondary N) is 1. The van der Waals surface area contributed by atoms with E-state index in [2.05, 4.69) is 21.3 Å². The maximum atomic E-state index is 9.33. The number of hydrogen-bond acceptors (Lipinski definition) is 6. The number of rotatable bonds is 6. The second-order valence-corrected chi connectivity index (χ2v) is 7.16. The number of ether oxygens (including phenoxy) is 1. The third-order valence-corrected chi connectivity index (χ3v) is 3.95. The van der Waals surface area contributed by atoms with Crippen molar-refractivity contribution in [2.45, 2.75) is 32.2 Å². The Bertz CT molecular complexity index is 754. The van der Waals surface area contributed by atoms with Crippen molar-refractivity contribution in [1.29, 1.82) is 5.26 Å². The minimum Gasteiger partial charge on any atom is -0.496 e. The van der Waals surface area contributed by atoms with Crippen LogP contribution in [0.5, 0.6) is 5.75 Å². The van der Waals surface area contributed by atoms with Gasteiger partial charge in [0.15, 0.2) is 0 Å². The molecule has 1 aromatic carbocycles. The summed E-state index contributed by atoms with van der Waals surface area (Å²) in [6.45, 7) is 6.56. The molecule has 0 spiro atoms. The maximum Gasteiger partial charge on any atom is 0.232 e. The SMILES string of the molecule is COc1ccccc1C(CNc1oc(C(C)(C)C)nc1C#N)N(C)C. The molecule has 1 atom stereocenters. The first kappa shape index (κ1) is 18.8. The fraction of sp³-hybridized carbons (Fsp3) is 0.474. The van der Waals surface area contributed by atoms with Gasteiger partial charge in [0.1, 0.15) is 11.8 Å². The van der Waals surface area contributed by atoms with Crippen LogP contribution in [-0.2, 0) is 5.41 Å². The zero-order valence-electron chi connectivity index (χ0n) is 15.8. The van der Waals surface area contributed by atoms with Crippen molar-refractivity contribution in [1.82, 2.24) is 9.88 Å². The molecule has 0 saturated carbocycles. The van der Waals surface area contributed by atoms with E-state index in [-0.39, 0.29) is 17.2 Å². The molecule has 0 bridgehead atoms. The van der Waals surface area contributed by atoms with E-state index in [1.54, 1.807) is 7.11 Å². The lowest BCUT2D eigenvalue weighted by molar-refractivity contribution is 0.298. The summed E-state index contributed by atoms with van der Waals surface area (Å²) in [5, 5.41) is 12.6. The number of nitriles is 1. The summed E-state index contributed by atoms with van der Waals surface area (Å²) in [6.07, 6.45) is 0. The van der Waals surface area contributed by atoms with Crippen LogP contribution in [-0.4, -0.2) is 37.6 Å². The van der Waals surface area contributed by atoms with Gasteiger partial charge in [-0.15, -0.1) is 0 Å². The Morgan fingerprint density at radius 2 is 2.00 bits per heavy atom. The van der Waals surface area contributed by atoms with Crippen LogP contribution < -0.4 is 10.1 Å². The van der Waals surface area contributed by atoms with Crippen molar-refractivity contribution in [3.05, 3.63) is 41.4 Å². The average molecular weight is 342 g/mol. The Labute approximate surface area is 149 Å². The van der Waals surface area contributed by atoms with Gasteiger partial charge in [0.25, 0.3) is 0 Å². The zero-order chi connectivity index (χ0) is 18.6. The molecule has 1 heterocycles. The lowest BCUT2D eigenvalue weighted by Gasteiger charge is -2.26. The van der Waals surface area contributed by atoms with Gasteiger partial charge in [-0.05, 0) is 20.2 Å². The summed E-state index contributed by atoms with van der Waals surface area (Å²) in [4.78, 5) is 6.40. The van der Waals surface area contributed by atoms with Gasteiger partial charge in [0, 0.05) is 17.5 Å². The van der Waals surface area contributed by atoms with Crippen LogP contribution in [0.2, 0.25) is 0 Å². The van der Waals surface area contributed by atoms with E-state index in [9.17, 15) is 5.26 Å². The van der Waals surface area contributed by atoms with Crippen LogP contribution in [0.4, 0.5) is 5.88 Å². The van der Waals surface area contributed by atoms with Crippen LogP contribution in [0.15, 0.2) is 28.7 Å². The van der Waals surface area contributed by atoms with Gasteiger partial charge >= 0.3 is 0 Å². The maximum absolute atomic E-state index is 9.33. The minimum absolute atomic E-state index is 0.0471. The molecule has 0 saturated heterocycles. The Balaban J connectivity index is 2.26. The average Bonchev–Trinajstić information content (AvgIpc) is 2.98. The first-order chi connectivity index (χ1) is 11.8. The molecule has 1 unspecified atom stereocenters. The molecule has 6 nitrogen and oxygen atoms in total. The number of para-hydroxylation sites is 1. The number of benzene rings is 1. The molecular formula is C19H26N4O2. The predicted octanol–water partition coefficient (Wildman–Crippen LogP) is 3.57. The van der Waals surface area contributed by atoms with Gasteiger partial charge in [0.2, 0.25) is 17.5 Å². The van der Waals surface area contributed by atoms with Crippen molar-refractivity contribution < 1.29 is 9.15 Å². The van der Waals surface area contributed by atoms with Crippen LogP contribution in [0.1, 0.15) is 44.0 Å². The molecule has 1 N–H and O–H groups in total. The Morgan fingerprint density at radius 1 is 1.32 bits per heavy atom. The summed E-state index contributed by atoms with van der Waals surface area (Å²) in [6, 6.07) is 10.1. The van der Waals surface area contributed by atoms with E-state index in [0.717, 1.165) is 11.3 Å². The second-order valence-electron chi connectivity index (χ2n) is 7.16. The topological polar surface area (TPSA) is 74.3 Å². The van der Waals surface area contributed by atoms with Crippen LogP contribution in [0, 0.1) is 11.3 Å². The molecule has 0 amide bonds. The predicted molar refractivity (Wildman–Crippen MR) is 97.8 cm³/mol. The third-order valence-electron chi connectivity index (χ3n) is 3.95. The largest absolute Gasteiger partial charge is 0.496 e. The molecular weight excluding hydrogens is 316 g/mol. The molecule has 2 rings (SSSR count). The van der Waals surface area contributed by atoms with Crippen molar-refractivity contribution in [2.75, 3.05) is 33.1 Å². The van der Waals surface area contributed by atoms with Gasteiger partial charge < -0.3 is 19.4 Å². The van der Waals surface area contributed by atoms with Crippen molar-refractivity contribution in [3.63, 3.8) is 0 Å². The second kappa shape index (κ2) is 7.58.